The van der Waals surface area contributed by atoms with Crippen LogP contribution in [0.25, 0.3) is 0 Å². The molecule has 1 aromatic carbocycles. The Labute approximate surface area is 142 Å². The van der Waals surface area contributed by atoms with Gasteiger partial charge in [-0.25, -0.2) is 8.42 Å². The topological polar surface area (TPSA) is 49.4 Å². The van der Waals surface area contributed by atoms with Crippen molar-refractivity contribution in [2.75, 3.05) is 13.1 Å². The molecule has 0 saturated carbocycles. The van der Waals surface area contributed by atoms with Crippen molar-refractivity contribution in [1.29, 1.82) is 0 Å². The molecule has 2 aromatic rings. The molecule has 0 aliphatic carbocycles. The van der Waals surface area contributed by atoms with E-state index < -0.39 is 10.0 Å². The molecule has 6 heteroatoms. The van der Waals surface area contributed by atoms with Gasteiger partial charge in [-0.2, -0.15) is 4.31 Å². The van der Waals surface area contributed by atoms with Gasteiger partial charge in [-0.3, -0.25) is 0 Å². The smallest absolute Gasteiger partial charge is 0.243 e. The summed E-state index contributed by atoms with van der Waals surface area (Å²) < 4.78 is 27.4. The van der Waals surface area contributed by atoms with Gasteiger partial charge in [0.25, 0.3) is 0 Å². The first-order chi connectivity index (χ1) is 11.2. The van der Waals surface area contributed by atoms with Crippen molar-refractivity contribution < 1.29 is 8.42 Å². The Bertz CT molecular complexity index is 721. The highest BCUT2D eigenvalue weighted by molar-refractivity contribution is 7.89. The summed E-state index contributed by atoms with van der Waals surface area (Å²) in [5, 5.41) is 5.39. The van der Waals surface area contributed by atoms with Crippen molar-refractivity contribution in [3.63, 3.8) is 0 Å². The molecule has 0 atom stereocenters. The predicted molar refractivity (Wildman–Crippen MR) is 93.9 cm³/mol. The van der Waals surface area contributed by atoms with E-state index in [1.165, 1.54) is 4.88 Å². The zero-order valence-electron chi connectivity index (χ0n) is 13.1. The highest BCUT2D eigenvalue weighted by Gasteiger charge is 2.27. The van der Waals surface area contributed by atoms with E-state index in [4.69, 9.17) is 0 Å². The lowest BCUT2D eigenvalue weighted by Gasteiger charge is -2.26. The fourth-order valence-corrected chi connectivity index (χ4v) is 5.29. The van der Waals surface area contributed by atoms with Crippen LogP contribution in [0, 0.1) is 0 Å². The third-order valence-electron chi connectivity index (χ3n) is 4.10. The van der Waals surface area contributed by atoms with Crippen molar-refractivity contribution in [2.24, 2.45) is 0 Å². The molecule has 4 nitrogen and oxygen atoms in total. The van der Waals surface area contributed by atoms with Gasteiger partial charge in [-0.05, 0) is 35.9 Å². The molecule has 0 radical (unpaired) electrons. The molecule has 124 valence electrons. The SMILES string of the molecule is O=S(=O)(c1ccccc1CNCc1cccs1)N1CCCCC1. The van der Waals surface area contributed by atoms with Crippen LogP contribution in [0.15, 0.2) is 46.7 Å². The molecule has 2 heterocycles. The zero-order chi connectivity index (χ0) is 16.1. The maximum Gasteiger partial charge on any atom is 0.243 e. The standard InChI is InChI=1S/C17H22N2O2S2/c20-23(21,19-10-4-1-5-11-19)17-9-3-2-7-15(17)13-18-14-16-8-6-12-22-16/h2-3,6-9,12,18H,1,4-5,10-11,13-14H2. The van der Waals surface area contributed by atoms with Crippen LogP contribution in [0.4, 0.5) is 0 Å². The number of piperidine rings is 1. The van der Waals surface area contributed by atoms with Crippen LogP contribution < -0.4 is 5.32 Å². The maximum absolute atomic E-state index is 12.9. The van der Waals surface area contributed by atoms with Crippen molar-refractivity contribution in [3.8, 4) is 0 Å². The summed E-state index contributed by atoms with van der Waals surface area (Å²) in [5.41, 5.74) is 0.842. The van der Waals surface area contributed by atoms with Gasteiger partial charge in [0.1, 0.15) is 0 Å². The molecule has 0 spiro atoms. The quantitative estimate of drug-likeness (QED) is 0.870. The molecule has 1 aromatic heterocycles. The number of nitrogens with zero attached hydrogens (tertiary/aromatic N) is 1. The van der Waals surface area contributed by atoms with Gasteiger partial charge < -0.3 is 5.32 Å². The van der Waals surface area contributed by atoms with E-state index in [2.05, 4.69) is 11.4 Å². The van der Waals surface area contributed by atoms with Crippen molar-refractivity contribution >= 4 is 21.4 Å². The number of rotatable bonds is 6. The Morgan fingerprint density at radius 3 is 2.52 bits per heavy atom. The van der Waals surface area contributed by atoms with Crippen LogP contribution >= 0.6 is 11.3 Å². The van der Waals surface area contributed by atoms with Gasteiger partial charge in [-0.15, -0.1) is 11.3 Å². The van der Waals surface area contributed by atoms with Crippen LogP contribution in [-0.2, 0) is 23.1 Å². The van der Waals surface area contributed by atoms with E-state index in [0.717, 1.165) is 31.4 Å². The summed E-state index contributed by atoms with van der Waals surface area (Å²) in [6.07, 6.45) is 3.03. The number of benzene rings is 1. The van der Waals surface area contributed by atoms with Gasteiger partial charge in [0, 0.05) is 31.1 Å². The Balaban J connectivity index is 1.74. The van der Waals surface area contributed by atoms with E-state index >= 15 is 0 Å². The number of hydrogen-bond donors (Lipinski definition) is 1. The number of nitrogens with one attached hydrogen (secondary N) is 1. The zero-order valence-corrected chi connectivity index (χ0v) is 14.7. The first-order valence-electron chi connectivity index (χ1n) is 7.99. The first-order valence-corrected chi connectivity index (χ1v) is 10.3. The van der Waals surface area contributed by atoms with Gasteiger partial charge >= 0.3 is 0 Å². The third kappa shape index (κ3) is 4.01. The molecule has 23 heavy (non-hydrogen) atoms. The van der Waals surface area contributed by atoms with Crippen LogP contribution in [0.3, 0.4) is 0 Å². The second-order valence-corrected chi connectivity index (χ2v) is 8.69. The van der Waals surface area contributed by atoms with E-state index in [-0.39, 0.29) is 0 Å². The molecule has 1 fully saturated rings. The lowest BCUT2D eigenvalue weighted by molar-refractivity contribution is 0.346. The van der Waals surface area contributed by atoms with Crippen molar-refractivity contribution in [1.82, 2.24) is 9.62 Å². The molecule has 0 unspecified atom stereocenters. The second kappa shape index (κ2) is 7.57. The maximum atomic E-state index is 12.9. The second-order valence-electron chi connectivity index (χ2n) is 5.76. The van der Waals surface area contributed by atoms with E-state index in [9.17, 15) is 8.42 Å². The van der Waals surface area contributed by atoms with Crippen LogP contribution in [0.1, 0.15) is 29.7 Å². The van der Waals surface area contributed by atoms with Crippen LogP contribution in [0.2, 0.25) is 0 Å². The summed E-state index contributed by atoms with van der Waals surface area (Å²) >= 11 is 1.70. The van der Waals surface area contributed by atoms with E-state index in [0.29, 0.717) is 24.5 Å². The lowest BCUT2D eigenvalue weighted by Crippen LogP contribution is -2.36. The molecule has 1 N–H and O–H groups in total. The minimum Gasteiger partial charge on any atom is -0.308 e. The molecular formula is C17H22N2O2S2. The average molecular weight is 351 g/mol. The van der Waals surface area contributed by atoms with Gasteiger partial charge in [0.2, 0.25) is 10.0 Å². The molecule has 3 rings (SSSR count). The minimum atomic E-state index is -3.38. The molecular weight excluding hydrogens is 328 g/mol. The summed E-state index contributed by atoms with van der Waals surface area (Å²) in [5.74, 6) is 0. The molecule has 1 aliphatic rings. The molecule has 1 saturated heterocycles. The lowest BCUT2D eigenvalue weighted by atomic mass is 10.2. The fourth-order valence-electron chi connectivity index (χ4n) is 2.88. The van der Waals surface area contributed by atoms with Gasteiger partial charge in [0.15, 0.2) is 0 Å². The first kappa shape index (κ1) is 16.6. The van der Waals surface area contributed by atoms with Crippen LogP contribution in [0.5, 0.6) is 0 Å². The van der Waals surface area contributed by atoms with Crippen molar-refractivity contribution in [3.05, 3.63) is 52.2 Å². The largest absolute Gasteiger partial charge is 0.308 e. The molecule has 0 amide bonds. The Morgan fingerprint density at radius 1 is 1.00 bits per heavy atom. The highest BCUT2D eigenvalue weighted by atomic mass is 32.2. The normalized spacial score (nSPS) is 16.5. The minimum absolute atomic E-state index is 0.445. The average Bonchev–Trinajstić information content (AvgIpc) is 3.09. The molecule has 0 bridgehead atoms. The summed E-state index contributed by atoms with van der Waals surface area (Å²) in [6, 6.07) is 11.4. The van der Waals surface area contributed by atoms with Crippen LogP contribution in [-0.4, -0.2) is 25.8 Å². The monoisotopic (exact) mass is 350 g/mol. The Morgan fingerprint density at radius 2 is 1.78 bits per heavy atom. The Kier molecular flexibility index (Phi) is 5.48. The van der Waals surface area contributed by atoms with E-state index in [1.54, 1.807) is 27.8 Å². The van der Waals surface area contributed by atoms with Gasteiger partial charge in [-0.1, -0.05) is 30.7 Å². The number of thiophene rings is 1. The number of sulfonamides is 1. The number of hydrogen-bond acceptors (Lipinski definition) is 4. The fraction of sp³-hybridized carbons (Fsp3) is 0.412. The third-order valence-corrected chi connectivity index (χ3v) is 6.98. The summed E-state index contributed by atoms with van der Waals surface area (Å²) in [4.78, 5) is 1.70. The van der Waals surface area contributed by atoms with Crippen molar-refractivity contribution in [2.45, 2.75) is 37.2 Å². The molecule has 1 aliphatic heterocycles. The van der Waals surface area contributed by atoms with E-state index in [1.807, 2.05) is 23.6 Å². The summed E-state index contributed by atoms with van der Waals surface area (Å²) in [7, 11) is -3.38. The highest BCUT2D eigenvalue weighted by Crippen LogP contribution is 2.23. The predicted octanol–water partition coefficient (Wildman–Crippen LogP) is 3.21. The van der Waals surface area contributed by atoms with Gasteiger partial charge in [0.05, 0.1) is 4.90 Å². The Hall–Kier alpha value is -1.21. The summed E-state index contributed by atoms with van der Waals surface area (Å²) in [6.45, 7) is 2.59.